The highest BCUT2D eigenvalue weighted by Gasteiger charge is 2.86. The number of amides is 1. The summed E-state index contributed by atoms with van der Waals surface area (Å²) in [6, 6.07) is 0. The number of anilines is 1. The van der Waals surface area contributed by atoms with Crippen molar-refractivity contribution >= 4 is 35.0 Å². The number of aromatic nitrogens is 4. The first kappa shape index (κ1) is 31.6. The first-order chi connectivity index (χ1) is 21.2. The summed E-state index contributed by atoms with van der Waals surface area (Å²) < 4.78 is 37.2. The number of hydrogen-bond acceptors (Lipinski definition) is 11. The topological polar surface area (TPSA) is 164 Å². The number of halogens is 1. The smallest absolute Gasteiger partial charge is 0.452 e. The zero-order valence-corrected chi connectivity index (χ0v) is 24.8. The molecule has 13 nitrogen and oxygen atoms in total. The van der Waals surface area contributed by atoms with E-state index in [-0.39, 0.29) is 42.9 Å². The Kier molecular flexibility index (Phi) is 9.65. The first-order valence-corrected chi connectivity index (χ1v) is 15.3. The molecule has 1 aliphatic carbocycles. The van der Waals surface area contributed by atoms with Gasteiger partial charge in [-0.05, 0) is 6.42 Å². The van der Waals surface area contributed by atoms with Gasteiger partial charge in [0.1, 0.15) is 6.23 Å². The summed E-state index contributed by atoms with van der Waals surface area (Å²) in [5, 5.41) is 13.7. The third kappa shape index (κ3) is 6.34. The van der Waals surface area contributed by atoms with Crippen molar-refractivity contribution in [1.29, 1.82) is 0 Å². The van der Waals surface area contributed by atoms with E-state index >= 15 is 0 Å². The van der Waals surface area contributed by atoms with Crippen LogP contribution in [-0.4, -0.2) is 72.7 Å². The number of ether oxygens (including phenoxy) is 4. The zero-order valence-electron chi connectivity index (χ0n) is 24.8. The third-order valence-corrected chi connectivity index (χ3v) is 8.44. The number of cyclic esters (lactones) is 1. The van der Waals surface area contributed by atoms with Gasteiger partial charge < -0.3 is 29.4 Å². The van der Waals surface area contributed by atoms with Gasteiger partial charge >= 0.3 is 18.2 Å². The van der Waals surface area contributed by atoms with Crippen LogP contribution in [-0.2, 0) is 28.5 Å². The molecule has 3 fully saturated rings. The molecule has 1 amide bonds. The number of hydrogen-bond donors (Lipinski definition) is 2. The molecule has 14 heteroatoms. The van der Waals surface area contributed by atoms with E-state index in [9.17, 15) is 23.9 Å². The minimum absolute atomic E-state index is 0.0355. The van der Waals surface area contributed by atoms with E-state index in [0.717, 1.165) is 19.3 Å². The number of carbonyl (C=O) groups excluding carboxylic acids is 3. The molecular formula is C30H38FN5O8. The molecule has 3 aliphatic rings. The Bertz CT molecular complexity index is 1430. The number of nitrogens with one attached hydrogen (secondary N) is 1. The highest BCUT2D eigenvalue weighted by atomic mass is 19.1. The van der Waals surface area contributed by atoms with E-state index < -0.39 is 53.7 Å². The predicted molar refractivity (Wildman–Crippen MR) is 152 cm³/mol. The summed E-state index contributed by atoms with van der Waals surface area (Å²) in [7, 11) is 0. The summed E-state index contributed by atoms with van der Waals surface area (Å²) >= 11 is 0. The van der Waals surface area contributed by atoms with Crippen molar-refractivity contribution in [3.8, 4) is 12.3 Å². The predicted octanol–water partition coefficient (Wildman–Crippen LogP) is 4.09. The van der Waals surface area contributed by atoms with Crippen LogP contribution in [0.4, 0.5) is 15.0 Å². The van der Waals surface area contributed by atoms with Crippen LogP contribution in [0.1, 0.15) is 96.6 Å². The average molecular weight is 616 g/mol. The molecule has 238 valence electrons. The molecule has 4 heterocycles. The Labute approximate surface area is 254 Å². The molecule has 44 heavy (non-hydrogen) atoms. The van der Waals surface area contributed by atoms with Crippen molar-refractivity contribution in [3.63, 3.8) is 0 Å². The molecular weight excluding hydrogens is 577 g/mol. The number of unbranched alkanes of at least 4 members (excludes halogenated alkanes) is 9. The molecule has 0 radical (unpaired) electrons. The SMILES string of the molecule is C#C[C@]12O[C@@H](n3cnc4c(NC(=O)[C@H]5CCC(=O)O5)nc(F)nc43)C[C@@]1(O)C2OC(=O)OCCCCCCCCCCCC. The van der Waals surface area contributed by atoms with Crippen LogP contribution in [0.2, 0.25) is 0 Å². The van der Waals surface area contributed by atoms with E-state index in [1.54, 1.807) is 0 Å². The summed E-state index contributed by atoms with van der Waals surface area (Å²) in [4.78, 5) is 47.8. The molecule has 2 aromatic heterocycles. The van der Waals surface area contributed by atoms with Gasteiger partial charge in [0.2, 0.25) is 5.60 Å². The van der Waals surface area contributed by atoms with Crippen molar-refractivity contribution in [2.24, 2.45) is 0 Å². The maximum absolute atomic E-state index is 14.4. The molecule has 5 atom stereocenters. The number of fused-ring (bicyclic) bond motifs is 2. The Balaban J connectivity index is 1.11. The average Bonchev–Trinajstić information content (AvgIpc) is 3.51. The van der Waals surface area contributed by atoms with Crippen LogP contribution in [0.5, 0.6) is 0 Å². The summed E-state index contributed by atoms with van der Waals surface area (Å²) in [5.41, 5.74) is -3.35. The first-order valence-electron chi connectivity index (χ1n) is 15.3. The fourth-order valence-corrected chi connectivity index (χ4v) is 5.94. The quantitative estimate of drug-likeness (QED) is 0.128. The Hall–Kier alpha value is -3.83. The molecule has 2 aliphatic heterocycles. The lowest BCUT2D eigenvalue weighted by Gasteiger charge is -2.19. The second kappa shape index (κ2) is 13.4. The fourth-order valence-electron chi connectivity index (χ4n) is 5.94. The summed E-state index contributed by atoms with van der Waals surface area (Å²) in [6.45, 7) is 2.40. The second-order valence-corrected chi connectivity index (χ2v) is 11.5. The molecule has 2 saturated heterocycles. The highest BCUT2D eigenvalue weighted by Crippen LogP contribution is 2.63. The Morgan fingerprint density at radius 1 is 1.18 bits per heavy atom. The normalized spacial score (nSPS) is 27.0. The molecule has 0 spiro atoms. The van der Waals surface area contributed by atoms with Crippen LogP contribution in [0.3, 0.4) is 0 Å². The second-order valence-electron chi connectivity index (χ2n) is 11.5. The molecule has 0 aromatic carbocycles. The van der Waals surface area contributed by atoms with Crippen molar-refractivity contribution in [3.05, 3.63) is 12.4 Å². The maximum Gasteiger partial charge on any atom is 0.508 e. The van der Waals surface area contributed by atoms with Gasteiger partial charge in [0.25, 0.3) is 5.91 Å². The van der Waals surface area contributed by atoms with Gasteiger partial charge in [0.15, 0.2) is 34.8 Å². The number of esters is 1. The van der Waals surface area contributed by atoms with Crippen LogP contribution < -0.4 is 5.32 Å². The summed E-state index contributed by atoms with van der Waals surface area (Å²) in [6.07, 6.45) is 13.4. The maximum atomic E-state index is 14.4. The van der Waals surface area contributed by atoms with Crippen molar-refractivity contribution in [1.82, 2.24) is 19.5 Å². The monoisotopic (exact) mass is 615 g/mol. The van der Waals surface area contributed by atoms with Crippen LogP contribution >= 0.6 is 0 Å². The van der Waals surface area contributed by atoms with Crippen LogP contribution in [0, 0.1) is 18.4 Å². The van der Waals surface area contributed by atoms with E-state index in [0.29, 0.717) is 6.42 Å². The summed E-state index contributed by atoms with van der Waals surface area (Å²) in [5.74, 6) is 0.998. The molecule has 1 saturated carbocycles. The van der Waals surface area contributed by atoms with Crippen LogP contribution in [0.25, 0.3) is 11.2 Å². The van der Waals surface area contributed by atoms with Crippen molar-refractivity contribution < 1.29 is 42.8 Å². The lowest BCUT2D eigenvalue weighted by Crippen LogP contribution is -2.28. The molecule has 5 rings (SSSR count). The number of carbonyl (C=O) groups is 3. The highest BCUT2D eigenvalue weighted by molar-refractivity contribution is 6.00. The van der Waals surface area contributed by atoms with Gasteiger partial charge in [0.05, 0.1) is 12.9 Å². The number of nitrogens with zero attached hydrogens (tertiary/aromatic N) is 4. The van der Waals surface area contributed by atoms with Gasteiger partial charge in [-0.3, -0.25) is 14.2 Å². The number of rotatable bonds is 15. The van der Waals surface area contributed by atoms with E-state index in [4.69, 9.17) is 25.4 Å². The van der Waals surface area contributed by atoms with E-state index in [1.807, 2.05) is 0 Å². The lowest BCUT2D eigenvalue weighted by molar-refractivity contribution is -0.146. The number of imidazole rings is 1. The number of terminal acetylenes is 1. The van der Waals surface area contributed by atoms with Gasteiger partial charge in [0, 0.05) is 19.3 Å². The Morgan fingerprint density at radius 2 is 1.89 bits per heavy atom. The van der Waals surface area contributed by atoms with E-state index in [1.165, 1.54) is 49.4 Å². The third-order valence-electron chi connectivity index (χ3n) is 8.44. The van der Waals surface area contributed by atoms with Crippen molar-refractivity contribution in [2.75, 3.05) is 11.9 Å². The zero-order chi connectivity index (χ0) is 31.3. The molecule has 0 bridgehead atoms. The van der Waals surface area contributed by atoms with E-state index in [2.05, 4.69) is 33.1 Å². The minimum Gasteiger partial charge on any atom is -0.452 e. The van der Waals surface area contributed by atoms with Crippen molar-refractivity contribution in [2.45, 2.75) is 120 Å². The fraction of sp³-hybridized carbons (Fsp3) is 0.667. The Morgan fingerprint density at radius 3 is 2.52 bits per heavy atom. The number of aliphatic hydroxyl groups is 1. The molecule has 2 aromatic rings. The van der Waals surface area contributed by atoms with Gasteiger partial charge in [-0.1, -0.05) is 70.6 Å². The lowest BCUT2D eigenvalue weighted by atomic mass is 10.1. The van der Waals surface area contributed by atoms with Gasteiger partial charge in [-0.2, -0.15) is 14.4 Å². The molecule has 2 N–H and O–H groups in total. The van der Waals surface area contributed by atoms with Gasteiger partial charge in [-0.25, -0.2) is 9.78 Å². The van der Waals surface area contributed by atoms with Gasteiger partial charge in [-0.15, -0.1) is 6.42 Å². The largest absolute Gasteiger partial charge is 0.508 e. The minimum atomic E-state index is -1.71. The van der Waals surface area contributed by atoms with Crippen LogP contribution in [0.15, 0.2) is 6.33 Å². The standard InChI is InChI=1S/C30H38FN5O8/c1-3-5-6-7-8-9-10-11-12-13-16-41-28(39)43-26-29(40)17-20(44-30(26,29)4-2)36-18-32-22-23(34-27(31)35-24(22)36)33-25(38)19-14-15-21(37)42-19/h2,18-20,26,40H,3,5-17H2,1H3,(H,33,34,35,38)/t19-,20-,26?,29-,30-/m1/s1. The molecule has 1 unspecified atom stereocenters.